The van der Waals surface area contributed by atoms with Crippen LogP contribution in [-0.4, -0.2) is 61.2 Å². The second-order valence-electron chi connectivity index (χ2n) is 45.0. The number of benzene rings is 4. The molecule has 6 fully saturated rings. The van der Waals surface area contributed by atoms with Crippen LogP contribution in [0.2, 0.25) is 0 Å². The van der Waals surface area contributed by atoms with Gasteiger partial charge in [-0.1, -0.05) is 268 Å². The molecule has 0 spiro atoms. The molecule has 18 nitrogen and oxygen atoms in total. The fourth-order valence-electron chi connectivity index (χ4n) is 28.3. The van der Waals surface area contributed by atoms with Crippen molar-refractivity contribution in [3.8, 4) is 56.9 Å². The van der Waals surface area contributed by atoms with Crippen LogP contribution in [-0.2, 0) is 95.7 Å². The summed E-state index contributed by atoms with van der Waals surface area (Å²) in [5, 5.41) is 64.4. The summed E-state index contributed by atoms with van der Waals surface area (Å²) in [7, 11) is 0. The molecular weight excluding hydrogens is 2180 g/mol. The average Bonchev–Trinajstić information content (AvgIpc) is 1.54. The van der Waals surface area contributed by atoms with Crippen LogP contribution < -0.4 is 30.6 Å². The Labute approximate surface area is 824 Å². The van der Waals surface area contributed by atoms with Gasteiger partial charge in [0.05, 0.1) is 22.8 Å². The molecule has 12 unspecified atom stereocenters. The van der Waals surface area contributed by atoms with Gasteiger partial charge in [-0.25, -0.2) is 0 Å². The zero-order valence-electron chi connectivity index (χ0n) is 79.7. The second kappa shape index (κ2) is 31.7. The number of allylic oxidation sites excluding steroid dienone is 1. The van der Waals surface area contributed by atoms with Crippen molar-refractivity contribution in [3.05, 3.63) is 256 Å². The molecular formula is C112H118N18Pt3. The van der Waals surface area contributed by atoms with Gasteiger partial charge in [0.2, 0.25) is 0 Å². The molecule has 0 saturated heterocycles. The van der Waals surface area contributed by atoms with E-state index in [0.29, 0.717) is 40.9 Å². The minimum absolute atomic E-state index is 0. The van der Waals surface area contributed by atoms with Gasteiger partial charge in [-0.05, 0) is 249 Å². The maximum Gasteiger partial charge on any atom is 2.00 e. The van der Waals surface area contributed by atoms with E-state index < -0.39 is 0 Å². The monoisotopic (exact) mass is 2300 g/mol. The Kier molecular flexibility index (Phi) is 21.8. The summed E-state index contributed by atoms with van der Waals surface area (Å²) >= 11 is 0. The predicted molar refractivity (Wildman–Crippen MR) is 515 cm³/mol. The molecule has 12 aliphatic carbocycles. The molecule has 28 rings (SSSR count). The Morgan fingerprint density at radius 2 is 0.556 bits per heavy atom. The van der Waals surface area contributed by atoms with Gasteiger partial charge in [0.15, 0.2) is 0 Å². The van der Waals surface area contributed by atoms with Crippen LogP contribution in [0.25, 0.3) is 100 Å². The third-order valence-electron chi connectivity index (χ3n) is 38.8. The third kappa shape index (κ3) is 12.5. The topological polar surface area (TPSA) is 239 Å². The number of hydrogen-bond donors (Lipinski definition) is 0. The van der Waals surface area contributed by atoms with Crippen molar-refractivity contribution in [1.29, 1.82) is 0 Å². The Hall–Kier alpha value is -9.60. The van der Waals surface area contributed by atoms with E-state index in [1.54, 1.807) is 0 Å². The molecule has 11 aromatic heterocycles. The van der Waals surface area contributed by atoms with E-state index in [4.69, 9.17) is 0 Å². The van der Waals surface area contributed by atoms with Crippen LogP contribution >= 0.6 is 0 Å². The summed E-state index contributed by atoms with van der Waals surface area (Å²) < 4.78 is 0. The van der Waals surface area contributed by atoms with E-state index in [9.17, 15) is 0 Å². The van der Waals surface area contributed by atoms with Crippen LogP contribution in [0.4, 0.5) is 0 Å². The minimum atomic E-state index is 0. The van der Waals surface area contributed by atoms with E-state index in [-0.39, 0.29) is 123 Å². The molecule has 0 N–H and O–H groups in total. The Morgan fingerprint density at radius 1 is 0.271 bits per heavy atom. The van der Waals surface area contributed by atoms with Gasteiger partial charge in [-0.15, -0.1) is 0 Å². The van der Waals surface area contributed by atoms with Gasteiger partial charge in [0.25, 0.3) is 0 Å². The number of nitrogens with zero attached hydrogens (tertiary/aromatic N) is 18. The van der Waals surface area contributed by atoms with E-state index in [0.717, 1.165) is 81.2 Å². The SMILES string of the molecule is CC12CCC(c3c1n[n-]c3-c1cc3ccccc3cn1)C2(C)C.CC12CCC(c3c1n[n-]c3-c1cc3ccccc3cn1)C2(C)C.CC12CCC(c3c1n[n-]c3-c1ccccn1)C2(C)C.CC12CCC(c3c1n[n-]c3-c1nccc3ccccc13)C2(C)C.CC12CCC(c3c1n[n-]c3-c1nccc3ccccc13)C2(C)C.CC12CCC(c3c1n[n-]c3C1=NC=CCC1)C2(C)C.[Pt+2].[Pt+2].[Pt+2]. The second-order valence-corrected chi connectivity index (χ2v) is 45.0. The number of aliphatic imine (C=N–C) groups is 1. The molecule has 13 aliphatic rings. The zero-order valence-corrected chi connectivity index (χ0v) is 86.5. The summed E-state index contributed by atoms with van der Waals surface area (Å²) in [6.07, 6.45) is 30.5. The first kappa shape index (κ1) is 91.2. The molecule has 133 heavy (non-hydrogen) atoms. The molecule has 6 saturated carbocycles. The maximum atomic E-state index is 4.68. The van der Waals surface area contributed by atoms with Crippen molar-refractivity contribution in [2.75, 3.05) is 0 Å². The standard InChI is InChI=1S/4C20H20N3.C16H20N3.C16H18N3.3Pt/c2*1-19(2)14-8-10-20(19,3)18-15(14)17(22-23-18)16-13-7-5-4-6-12(13)9-11-21-16;2*1-19(2)14-8-9-20(19,3)18-16(14)17(22-23-18)15-10-12-6-4-5-7-13(12)11-21-15;2*1-15(2)10-7-8-16(15,3)14-12(10)13(18-19-14)11-6-4-5-9-17-11;;;/h2*4-7,9,11,14H,8,10H2,1-3H3;2*4-7,10-11,14H,8-9H2,1-3H3;5,9-10H,4,6-8H2,1-3H3;4-6,9-10H,7-8H2,1-3H3;;;/q6*-1;3*+2. The summed E-state index contributed by atoms with van der Waals surface area (Å²) in [5.41, 5.74) is 30.5. The average molecular weight is 2300 g/mol. The molecule has 4 aromatic carbocycles. The molecule has 21 heteroatoms. The van der Waals surface area contributed by atoms with Crippen LogP contribution in [0.15, 0.2) is 188 Å². The van der Waals surface area contributed by atoms with Crippen molar-refractivity contribution in [1.82, 2.24) is 86.1 Å². The van der Waals surface area contributed by atoms with Gasteiger partial charge < -0.3 is 61.2 Å². The van der Waals surface area contributed by atoms with Crippen molar-refractivity contribution >= 4 is 48.8 Å². The molecule has 686 valence electrons. The molecule has 12 bridgehead atoms. The van der Waals surface area contributed by atoms with Gasteiger partial charge >= 0.3 is 63.2 Å². The number of hydrogen-bond acceptors (Lipinski definition) is 12. The number of rotatable bonds is 6. The van der Waals surface area contributed by atoms with Crippen LogP contribution in [0.3, 0.4) is 0 Å². The third-order valence-corrected chi connectivity index (χ3v) is 38.8. The minimum Gasteiger partial charge on any atom is -0.574 e. The van der Waals surface area contributed by atoms with Gasteiger partial charge in [0.1, 0.15) is 0 Å². The summed E-state index contributed by atoms with van der Waals surface area (Å²) in [5.74, 6) is 3.41. The smallest absolute Gasteiger partial charge is 0.574 e. The van der Waals surface area contributed by atoms with Crippen molar-refractivity contribution in [2.24, 2.45) is 37.5 Å². The first-order valence-corrected chi connectivity index (χ1v) is 48.0. The van der Waals surface area contributed by atoms with Crippen LogP contribution in [0.5, 0.6) is 0 Å². The van der Waals surface area contributed by atoms with E-state index >= 15 is 0 Å². The number of aromatic nitrogens is 17. The normalized spacial score (nSPS) is 28.3. The fraction of sp³-hybridized carbons (Fsp3) is 0.446. The van der Waals surface area contributed by atoms with E-state index in [2.05, 4.69) is 331 Å². The van der Waals surface area contributed by atoms with Crippen molar-refractivity contribution in [3.63, 3.8) is 0 Å². The van der Waals surface area contributed by atoms with Gasteiger partial charge in [0, 0.05) is 137 Å². The summed E-state index contributed by atoms with van der Waals surface area (Å²) in [4.78, 5) is 27.7. The predicted octanol–water partition coefficient (Wildman–Crippen LogP) is 24.3. The number of pyridine rings is 5. The number of fused-ring (bicyclic) bond motifs is 34. The zero-order chi connectivity index (χ0) is 89.8. The molecule has 12 heterocycles. The molecule has 12 atom stereocenters. The van der Waals surface area contributed by atoms with Crippen LogP contribution in [0, 0.1) is 32.5 Å². The van der Waals surface area contributed by atoms with Crippen molar-refractivity contribution < 1.29 is 63.2 Å². The van der Waals surface area contributed by atoms with Crippen LogP contribution in [0.1, 0.15) is 323 Å². The first-order valence-electron chi connectivity index (χ1n) is 48.0. The summed E-state index contributed by atoms with van der Waals surface area (Å²) in [6.45, 7) is 42.9. The van der Waals surface area contributed by atoms with Gasteiger partial charge in [-0.3, -0.25) is 29.9 Å². The largest absolute Gasteiger partial charge is 2.00 e. The molecule has 15 aromatic rings. The Morgan fingerprint density at radius 3 is 0.880 bits per heavy atom. The first-order chi connectivity index (χ1) is 62.2. The Balaban J connectivity index is 0.0000000990. The quantitative estimate of drug-likeness (QED) is 0.150. The molecule has 1 aliphatic heterocycles. The fourth-order valence-corrected chi connectivity index (χ4v) is 28.3. The van der Waals surface area contributed by atoms with Gasteiger partial charge in [-0.2, -0.15) is 0 Å². The molecule has 0 radical (unpaired) electrons. The Bertz CT molecular complexity index is 6850. The van der Waals surface area contributed by atoms with Crippen molar-refractivity contribution in [2.45, 2.75) is 283 Å². The maximum absolute atomic E-state index is 4.68. The molecule has 0 amide bonds. The van der Waals surface area contributed by atoms with E-state index in [1.807, 2.05) is 67.5 Å². The summed E-state index contributed by atoms with van der Waals surface area (Å²) in [6, 6.07) is 47.9. The van der Waals surface area contributed by atoms with E-state index in [1.165, 1.54) is 188 Å².